The first-order valence-electron chi connectivity index (χ1n) is 8.43. The summed E-state index contributed by atoms with van der Waals surface area (Å²) in [6.45, 7) is 9.41. The number of piperidine rings is 1. The number of imidazole rings is 1. The normalized spacial score (nSPS) is 14.6. The Morgan fingerprint density at radius 3 is 2.35 bits per heavy atom. The number of carbonyl (C=O) groups excluding carboxylic acids is 1. The summed E-state index contributed by atoms with van der Waals surface area (Å²) < 4.78 is 3.41. The minimum atomic E-state index is -0.0294. The van der Waals surface area contributed by atoms with Gasteiger partial charge in [-0.05, 0) is 25.0 Å². The van der Waals surface area contributed by atoms with Gasteiger partial charge in [-0.2, -0.15) is 0 Å². The van der Waals surface area contributed by atoms with Crippen molar-refractivity contribution in [1.82, 2.24) is 19.0 Å². The lowest BCUT2D eigenvalue weighted by atomic mass is 10.1. The monoisotopic (exact) mass is 320 g/mol. The van der Waals surface area contributed by atoms with Crippen LogP contribution in [-0.4, -0.2) is 38.5 Å². The van der Waals surface area contributed by atoms with Gasteiger partial charge in [-0.3, -0.25) is 13.9 Å². The number of pyridine rings is 1. The van der Waals surface area contributed by atoms with Crippen LogP contribution in [-0.2, 0) is 11.8 Å². The molecular weight excluding hydrogens is 292 g/mol. The van der Waals surface area contributed by atoms with E-state index >= 15 is 0 Å². The molecule has 0 spiro atoms. The molecule has 6 nitrogen and oxygen atoms in total. The van der Waals surface area contributed by atoms with E-state index < -0.39 is 0 Å². The lowest BCUT2D eigenvalue weighted by Gasteiger charge is -2.29. The largest absolute Gasteiger partial charge is 0.345 e. The number of rotatable bonds is 2. The Labute approximate surface area is 137 Å². The van der Waals surface area contributed by atoms with Gasteiger partial charge in [0.05, 0.1) is 5.52 Å². The summed E-state index contributed by atoms with van der Waals surface area (Å²) in [6.07, 6.45) is 4.20. The number of aryl methyl sites for hydroxylation is 1. The van der Waals surface area contributed by atoms with Gasteiger partial charge < -0.3 is 4.90 Å². The second kappa shape index (κ2) is 9.12. The van der Waals surface area contributed by atoms with E-state index in [2.05, 4.69) is 4.98 Å². The van der Waals surface area contributed by atoms with Gasteiger partial charge >= 0.3 is 5.69 Å². The maximum absolute atomic E-state index is 12.3. The van der Waals surface area contributed by atoms with Gasteiger partial charge in [0.25, 0.3) is 0 Å². The van der Waals surface area contributed by atoms with Crippen molar-refractivity contribution in [2.75, 3.05) is 13.1 Å². The van der Waals surface area contributed by atoms with Crippen molar-refractivity contribution in [3.05, 3.63) is 28.8 Å². The molecule has 1 fully saturated rings. The average molecular weight is 320 g/mol. The SMILES string of the molecule is CC.CC.Cn1c(=O)n(C2CCN(C=O)CC2)c2cccnc21. The van der Waals surface area contributed by atoms with E-state index in [1.54, 1.807) is 22.7 Å². The fourth-order valence-electron chi connectivity index (χ4n) is 2.79. The molecule has 0 saturated carbocycles. The summed E-state index contributed by atoms with van der Waals surface area (Å²) in [5, 5.41) is 0. The van der Waals surface area contributed by atoms with Gasteiger partial charge in [-0.25, -0.2) is 9.78 Å². The molecule has 0 N–H and O–H groups in total. The van der Waals surface area contributed by atoms with Gasteiger partial charge in [0.2, 0.25) is 6.41 Å². The molecule has 128 valence electrons. The zero-order valence-corrected chi connectivity index (χ0v) is 14.8. The topological polar surface area (TPSA) is 60.1 Å². The van der Waals surface area contributed by atoms with Gasteiger partial charge in [-0.1, -0.05) is 27.7 Å². The highest BCUT2D eigenvalue weighted by atomic mass is 16.2. The van der Waals surface area contributed by atoms with Crippen LogP contribution in [0.4, 0.5) is 0 Å². The van der Waals surface area contributed by atoms with Crippen molar-refractivity contribution in [2.24, 2.45) is 7.05 Å². The van der Waals surface area contributed by atoms with E-state index in [0.717, 1.165) is 24.8 Å². The van der Waals surface area contributed by atoms with E-state index in [-0.39, 0.29) is 11.7 Å². The molecule has 1 amide bonds. The smallest absolute Gasteiger partial charge is 0.330 e. The van der Waals surface area contributed by atoms with Crippen LogP contribution in [0.5, 0.6) is 0 Å². The molecule has 2 aromatic rings. The van der Waals surface area contributed by atoms with Crippen LogP contribution in [0.1, 0.15) is 46.6 Å². The molecule has 0 radical (unpaired) electrons. The minimum Gasteiger partial charge on any atom is -0.345 e. The van der Waals surface area contributed by atoms with Crippen molar-refractivity contribution >= 4 is 17.6 Å². The van der Waals surface area contributed by atoms with Gasteiger partial charge in [0, 0.05) is 32.4 Å². The first-order valence-corrected chi connectivity index (χ1v) is 8.43. The van der Waals surface area contributed by atoms with E-state index in [9.17, 15) is 9.59 Å². The molecule has 2 aromatic heterocycles. The van der Waals surface area contributed by atoms with Gasteiger partial charge in [0.1, 0.15) is 0 Å². The first-order chi connectivity index (χ1) is 11.2. The zero-order chi connectivity index (χ0) is 17.4. The summed E-state index contributed by atoms with van der Waals surface area (Å²) in [4.78, 5) is 29.1. The lowest BCUT2D eigenvalue weighted by Crippen LogP contribution is -2.36. The number of hydrogen-bond acceptors (Lipinski definition) is 3. The van der Waals surface area contributed by atoms with E-state index in [0.29, 0.717) is 18.7 Å². The fraction of sp³-hybridized carbons (Fsp3) is 0.588. The highest BCUT2D eigenvalue weighted by Crippen LogP contribution is 2.24. The lowest BCUT2D eigenvalue weighted by molar-refractivity contribution is -0.119. The Kier molecular flexibility index (Phi) is 7.51. The third-order valence-electron chi connectivity index (χ3n) is 3.85. The van der Waals surface area contributed by atoms with Gasteiger partial charge in [0.15, 0.2) is 5.65 Å². The highest BCUT2D eigenvalue weighted by molar-refractivity contribution is 5.71. The number of carbonyl (C=O) groups is 1. The number of hydrogen-bond donors (Lipinski definition) is 0. The molecule has 0 aromatic carbocycles. The summed E-state index contributed by atoms with van der Waals surface area (Å²) in [6, 6.07) is 3.92. The zero-order valence-electron chi connectivity index (χ0n) is 14.8. The second-order valence-electron chi connectivity index (χ2n) is 4.93. The molecule has 1 aliphatic heterocycles. The third kappa shape index (κ3) is 3.81. The highest BCUT2D eigenvalue weighted by Gasteiger charge is 2.24. The Morgan fingerprint density at radius 2 is 1.78 bits per heavy atom. The molecule has 6 heteroatoms. The number of aromatic nitrogens is 3. The second-order valence-corrected chi connectivity index (χ2v) is 4.93. The quantitative estimate of drug-likeness (QED) is 0.799. The van der Waals surface area contributed by atoms with E-state index in [4.69, 9.17) is 0 Å². The summed E-state index contributed by atoms with van der Waals surface area (Å²) in [5.74, 6) is 0. The van der Waals surface area contributed by atoms with Crippen molar-refractivity contribution in [2.45, 2.75) is 46.6 Å². The average Bonchev–Trinajstić information content (AvgIpc) is 2.90. The maximum atomic E-state index is 12.3. The standard InChI is InChI=1S/C13H16N4O2.2C2H6/c1-15-12-11(3-2-6-14-12)17(13(15)19)10-4-7-16(9-18)8-5-10;2*1-2/h2-3,6,9-10H,4-5,7-8H2,1H3;2*1-2H3. The summed E-state index contributed by atoms with van der Waals surface area (Å²) in [7, 11) is 1.74. The number of likely N-dealkylation sites (tertiary alicyclic amines) is 1. The van der Waals surface area contributed by atoms with Crippen LogP contribution in [0, 0.1) is 0 Å². The fourth-order valence-corrected chi connectivity index (χ4v) is 2.79. The Hall–Kier alpha value is -2.11. The molecule has 0 aliphatic carbocycles. The molecule has 1 aliphatic rings. The summed E-state index contributed by atoms with van der Waals surface area (Å²) >= 11 is 0. The number of amides is 1. The van der Waals surface area contributed by atoms with Crippen molar-refractivity contribution < 1.29 is 4.79 Å². The van der Waals surface area contributed by atoms with Crippen LogP contribution < -0.4 is 5.69 Å². The van der Waals surface area contributed by atoms with Crippen LogP contribution in [0.2, 0.25) is 0 Å². The molecule has 23 heavy (non-hydrogen) atoms. The number of nitrogens with zero attached hydrogens (tertiary/aromatic N) is 4. The molecule has 1 saturated heterocycles. The molecule has 3 heterocycles. The number of fused-ring (bicyclic) bond motifs is 1. The molecule has 0 atom stereocenters. The maximum Gasteiger partial charge on any atom is 0.330 e. The van der Waals surface area contributed by atoms with Crippen molar-refractivity contribution in [3.8, 4) is 0 Å². The van der Waals surface area contributed by atoms with Crippen LogP contribution >= 0.6 is 0 Å². The van der Waals surface area contributed by atoms with Crippen LogP contribution in [0.25, 0.3) is 11.2 Å². The van der Waals surface area contributed by atoms with Crippen LogP contribution in [0.15, 0.2) is 23.1 Å². The van der Waals surface area contributed by atoms with Crippen molar-refractivity contribution in [3.63, 3.8) is 0 Å². The Morgan fingerprint density at radius 1 is 1.17 bits per heavy atom. The Balaban J connectivity index is 0.000000615. The molecule has 0 unspecified atom stereocenters. The minimum absolute atomic E-state index is 0.0294. The molecule has 0 bridgehead atoms. The van der Waals surface area contributed by atoms with Gasteiger partial charge in [-0.15, -0.1) is 0 Å². The predicted octanol–water partition coefficient (Wildman–Crippen LogP) is 2.58. The first kappa shape index (κ1) is 18.9. The third-order valence-corrected chi connectivity index (χ3v) is 3.85. The van der Waals surface area contributed by atoms with E-state index in [1.807, 2.05) is 44.4 Å². The molecule has 3 rings (SSSR count). The van der Waals surface area contributed by atoms with Crippen LogP contribution in [0.3, 0.4) is 0 Å². The summed E-state index contributed by atoms with van der Waals surface area (Å²) in [5.41, 5.74) is 1.56. The molecular formula is C17H28N4O2. The van der Waals surface area contributed by atoms with E-state index in [1.165, 1.54) is 0 Å². The predicted molar refractivity (Wildman–Crippen MR) is 93.6 cm³/mol. The Bertz CT molecular complexity index is 667. The van der Waals surface area contributed by atoms with Crippen molar-refractivity contribution in [1.29, 1.82) is 0 Å².